The number of hydroxylamine groups is 1. The maximum atomic E-state index is 12.4. The quantitative estimate of drug-likeness (QED) is 0.0851. The minimum atomic E-state index is -3.59. The lowest BCUT2D eigenvalue weighted by Crippen LogP contribution is -2.24. The molecule has 0 radical (unpaired) electrons. The van der Waals surface area contributed by atoms with Crippen molar-refractivity contribution >= 4 is 45.0 Å². The molecule has 13 heteroatoms. The molecule has 6 N–H and O–H groups in total. The fourth-order valence-electron chi connectivity index (χ4n) is 3.66. The highest BCUT2D eigenvalue weighted by Gasteiger charge is 2.13. The Kier molecular flexibility index (Phi) is 11.8. The summed E-state index contributed by atoms with van der Waals surface area (Å²) in [4.78, 5) is 32.2. The van der Waals surface area contributed by atoms with Gasteiger partial charge < -0.3 is 16.0 Å². The Morgan fingerprint density at radius 1 is 0.900 bits per heavy atom. The van der Waals surface area contributed by atoms with Gasteiger partial charge >= 0.3 is 0 Å². The molecule has 40 heavy (non-hydrogen) atoms. The standard InChI is InChI=1S/C27H35N7O5S/c1-2-16-30-40(38,39)23-9-7-8-22(19-23)31-24-15-18-29-27(33-24)32-21-13-11-20(12-14-21)26(36)28-17-6-4-3-5-10-25(35)34-37/h7-9,11-15,18-19,30,37H,2-6,10,16-17H2,1H3,(H,28,36)(H,34,35)(H2,29,31,32,33). The molecule has 0 atom stereocenters. The summed E-state index contributed by atoms with van der Waals surface area (Å²) in [5.74, 6) is 0.231. The second-order valence-corrected chi connectivity index (χ2v) is 10.7. The molecule has 2 amide bonds. The molecule has 0 bridgehead atoms. The van der Waals surface area contributed by atoms with Crippen LogP contribution < -0.4 is 26.2 Å². The van der Waals surface area contributed by atoms with E-state index >= 15 is 0 Å². The predicted octanol–water partition coefficient (Wildman–Crippen LogP) is 3.84. The van der Waals surface area contributed by atoms with Gasteiger partial charge in [-0.05, 0) is 67.8 Å². The van der Waals surface area contributed by atoms with E-state index in [1.807, 2.05) is 6.92 Å². The maximum Gasteiger partial charge on any atom is 0.251 e. The van der Waals surface area contributed by atoms with E-state index < -0.39 is 15.9 Å². The highest BCUT2D eigenvalue weighted by atomic mass is 32.2. The lowest BCUT2D eigenvalue weighted by molar-refractivity contribution is -0.129. The minimum absolute atomic E-state index is 0.159. The molecule has 0 spiro atoms. The molecule has 12 nitrogen and oxygen atoms in total. The second-order valence-electron chi connectivity index (χ2n) is 8.97. The van der Waals surface area contributed by atoms with Gasteiger partial charge in [0.25, 0.3) is 5.91 Å². The molecule has 2 aromatic carbocycles. The predicted molar refractivity (Wildman–Crippen MR) is 152 cm³/mol. The fraction of sp³-hybridized carbons (Fsp3) is 0.333. The summed E-state index contributed by atoms with van der Waals surface area (Å²) in [5, 5.41) is 17.5. The van der Waals surface area contributed by atoms with Crippen LogP contribution in [-0.2, 0) is 14.8 Å². The van der Waals surface area contributed by atoms with Crippen molar-refractivity contribution in [3.63, 3.8) is 0 Å². The van der Waals surface area contributed by atoms with Gasteiger partial charge in [0, 0.05) is 42.6 Å². The molecule has 214 valence electrons. The average molecular weight is 570 g/mol. The number of sulfonamides is 1. The summed E-state index contributed by atoms with van der Waals surface area (Å²) in [6, 6.07) is 15.0. The van der Waals surface area contributed by atoms with E-state index in [0.717, 1.165) is 19.3 Å². The van der Waals surface area contributed by atoms with Crippen LogP contribution in [0.4, 0.5) is 23.1 Å². The number of amides is 2. The Balaban J connectivity index is 1.50. The van der Waals surface area contributed by atoms with Crippen LogP contribution in [0.5, 0.6) is 0 Å². The summed E-state index contributed by atoms with van der Waals surface area (Å²) in [7, 11) is -3.59. The molecule has 3 aromatic rings. The number of anilines is 4. The van der Waals surface area contributed by atoms with E-state index in [0.29, 0.717) is 54.6 Å². The van der Waals surface area contributed by atoms with Crippen molar-refractivity contribution < 1.29 is 23.2 Å². The van der Waals surface area contributed by atoms with E-state index in [4.69, 9.17) is 5.21 Å². The molecule has 0 fully saturated rings. The number of benzene rings is 2. The molecule has 1 heterocycles. The van der Waals surface area contributed by atoms with Crippen molar-refractivity contribution in [2.75, 3.05) is 23.7 Å². The zero-order valence-electron chi connectivity index (χ0n) is 22.3. The molecule has 0 saturated carbocycles. The zero-order valence-corrected chi connectivity index (χ0v) is 23.1. The van der Waals surface area contributed by atoms with Crippen molar-refractivity contribution in [1.29, 1.82) is 0 Å². The molecule has 0 aliphatic carbocycles. The lowest BCUT2D eigenvalue weighted by Gasteiger charge is -2.11. The summed E-state index contributed by atoms with van der Waals surface area (Å²) in [6.45, 7) is 2.79. The first-order chi connectivity index (χ1) is 19.3. The number of rotatable bonds is 16. The molecule has 0 unspecified atom stereocenters. The van der Waals surface area contributed by atoms with Crippen molar-refractivity contribution in [1.82, 2.24) is 25.5 Å². The van der Waals surface area contributed by atoms with Gasteiger partial charge in [0.15, 0.2) is 0 Å². The van der Waals surface area contributed by atoms with Gasteiger partial charge in [-0.2, -0.15) is 4.98 Å². The van der Waals surface area contributed by atoms with Crippen LogP contribution in [0.15, 0.2) is 65.7 Å². The Bertz CT molecular complexity index is 1370. The van der Waals surface area contributed by atoms with Crippen LogP contribution in [0.25, 0.3) is 0 Å². The van der Waals surface area contributed by atoms with E-state index in [2.05, 4.69) is 30.6 Å². The normalized spacial score (nSPS) is 11.1. The van der Waals surface area contributed by atoms with E-state index in [1.54, 1.807) is 54.1 Å². The Morgan fingerprint density at radius 2 is 1.68 bits per heavy atom. The van der Waals surface area contributed by atoms with Crippen LogP contribution >= 0.6 is 0 Å². The largest absolute Gasteiger partial charge is 0.352 e. The van der Waals surface area contributed by atoms with Crippen LogP contribution in [0.3, 0.4) is 0 Å². The lowest BCUT2D eigenvalue weighted by atomic mass is 10.1. The van der Waals surface area contributed by atoms with E-state index in [9.17, 15) is 18.0 Å². The number of carbonyl (C=O) groups excluding carboxylic acids is 2. The van der Waals surface area contributed by atoms with Crippen molar-refractivity contribution in [2.24, 2.45) is 0 Å². The van der Waals surface area contributed by atoms with E-state index in [1.165, 1.54) is 12.1 Å². The van der Waals surface area contributed by atoms with Crippen LogP contribution in [0.1, 0.15) is 55.8 Å². The molecule has 0 saturated heterocycles. The smallest absolute Gasteiger partial charge is 0.251 e. The maximum absolute atomic E-state index is 12.4. The van der Waals surface area contributed by atoms with Gasteiger partial charge in [-0.25, -0.2) is 23.6 Å². The van der Waals surface area contributed by atoms with Gasteiger partial charge in [0.05, 0.1) is 4.90 Å². The first-order valence-corrected chi connectivity index (χ1v) is 14.6. The van der Waals surface area contributed by atoms with Crippen LogP contribution in [0.2, 0.25) is 0 Å². The number of carbonyl (C=O) groups is 2. The number of unbranched alkanes of at least 4 members (excludes halogenated alkanes) is 3. The first kappa shape index (κ1) is 30.5. The molecular formula is C27H35N7O5S. The second kappa shape index (κ2) is 15.5. The zero-order chi connectivity index (χ0) is 28.8. The van der Waals surface area contributed by atoms with Gasteiger partial charge in [-0.15, -0.1) is 0 Å². The third kappa shape index (κ3) is 9.91. The SMILES string of the molecule is CCCNS(=O)(=O)c1cccc(Nc2ccnc(Nc3ccc(C(=O)NCCCCCCC(=O)NO)cc3)n2)c1. The Morgan fingerprint density at radius 3 is 2.42 bits per heavy atom. The Labute approximate surface area is 234 Å². The molecule has 3 rings (SSSR count). The van der Waals surface area contributed by atoms with Gasteiger partial charge in [0.2, 0.25) is 21.9 Å². The van der Waals surface area contributed by atoms with Gasteiger partial charge in [0.1, 0.15) is 5.82 Å². The van der Waals surface area contributed by atoms with Crippen LogP contribution in [-0.4, -0.2) is 48.5 Å². The number of hydrogen-bond acceptors (Lipinski definition) is 9. The summed E-state index contributed by atoms with van der Waals surface area (Å²) < 4.78 is 27.4. The molecule has 1 aromatic heterocycles. The third-order valence-electron chi connectivity index (χ3n) is 5.76. The van der Waals surface area contributed by atoms with E-state index in [-0.39, 0.29) is 17.2 Å². The Hall–Kier alpha value is -4.07. The number of nitrogens with zero attached hydrogens (tertiary/aromatic N) is 2. The molecular weight excluding hydrogens is 534 g/mol. The van der Waals surface area contributed by atoms with Crippen molar-refractivity contribution in [3.05, 3.63) is 66.4 Å². The van der Waals surface area contributed by atoms with Crippen molar-refractivity contribution in [3.8, 4) is 0 Å². The summed E-state index contributed by atoms with van der Waals surface area (Å²) in [6.07, 6.45) is 5.75. The molecule has 0 aliphatic heterocycles. The summed E-state index contributed by atoms with van der Waals surface area (Å²) >= 11 is 0. The number of hydrogen-bond donors (Lipinski definition) is 6. The monoisotopic (exact) mass is 569 g/mol. The number of nitrogens with one attached hydrogen (secondary N) is 5. The fourth-order valence-corrected chi connectivity index (χ4v) is 4.83. The minimum Gasteiger partial charge on any atom is -0.352 e. The average Bonchev–Trinajstić information content (AvgIpc) is 2.96. The van der Waals surface area contributed by atoms with Gasteiger partial charge in [-0.3, -0.25) is 14.8 Å². The molecule has 0 aliphatic rings. The van der Waals surface area contributed by atoms with Crippen molar-refractivity contribution in [2.45, 2.75) is 50.3 Å². The topological polar surface area (TPSA) is 174 Å². The first-order valence-electron chi connectivity index (χ1n) is 13.1. The summed E-state index contributed by atoms with van der Waals surface area (Å²) in [5.41, 5.74) is 3.38. The van der Waals surface area contributed by atoms with Gasteiger partial charge in [-0.1, -0.05) is 25.8 Å². The highest BCUT2D eigenvalue weighted by Crippen LogP contribution is 2.21. The van der Waals surface area contributed by atoms with Crippen LogP contribution in [0, 0.1) is 0 Å². The highest BCUT2D eigenvalue weighted by molar-refractivity contribution is 7.89. The number of aromatic nitrogens is 2. The third-order valence-corrected chi connectivity index (χ3v) is 7.22.